The quantitative estimate of drug-likeness (QED) is 0.0727. The molecule has 0 amide bonds. The number of unbranched alkanes of at least 4 members (excludes halogenated alkanes) is 5. The number of esters is 2. The van der Waals surface area contributed by atoms with E-state index < -0.39 is 76.3 Å². The van der Waals surface area contributed by atoms with Crippen LogP contribution in [-0.2, 0) is 23.9 Å². The average molecular weight is 629 g/mol. The highest BCUT2D eigenvalue weighted by Crippen LogP contribution is 2.76. The van der Waals surface area contributed by atoms with Gasteiger partial charge in [0.2, 0.25) is 0 Å². The Labute approximate surface area is 267 Å². The molecule has 0 heterocycles. The zero-order valence-electron chi connectivity index (χ0n) is 27.5. The van der Waals surface area contributed by atoms with E-state index >= 15 is 0 Å². The molecule has 4 N–H and O–H groups in total. The number of aliphatic hydroxyl groups excluding tert-OH is 2. The predicted molar refractivity (Wildman–Crippen MR) is 169 cm³/mol. The van der Waals surface area contributed by atoms with Crippen molar-refractivity contribution in [1.82, 2.24) is 0 Å². The lowest BCUT2D eigenvalue weighted by atomic mass is 9.60. The van der Waals surface area contributed by atoms with E-state index in [0.29, 0.717) is 17.6 Å². The van der Waals surface area contributed by atoms with Crippen LogP contribution in [0.4, 0.5) is 0 Å². The van der Waals surface area contributed by atoms with Crippen molar-refractivity contribution in [2.75, 3.05) is 13.2 Å². The molecule has 0 aromatic carbocycles. The van der Waals surface area contributed by atoms with E-state index in [4.69, 9.17) is 9.47 Å². The lowest BCUT2D eigenvalue weighted by Gasteiger charge is -2.50. The number of rotatable bonds is 14. The van der Waals surface area contributed by atoms with Gasteiger partial charge in [-0.15, -0.1) is 0 Å². The molecule has 2 fully saturated rings. The zero-order valence-corrected chi connectivity index (χ0v) is 27.5. The van der Waals surface area contributed by atoms with Crippen molar-refractivity contribution in [3.8, 4) is 0 Å². The van der Waals surface area contributed by atoms with Crippen LogP contribution >= 0.6 is 0 Å². The van der Waals surface area contributed by atoms with Crippen molar-refractivity contribution in [3.05, 3.63) is 47.6 Å². The van der Waals surface area contributed by atoms with Gasteiger partial charge in [-0.2, -0.15) is 0 Å². The molecule has 9 nitrogen and oxygen atoms in total. The Kier molecular flexibility index (Phi) is 10.7. The van der Waals surface area contributed by atoms with Crippen molar-refractivity contribution < 1.29 is 44.3 Å². The molecule has 9 atom stereocenters. The van der Waals surface area contributed by atoms with Gasteiger partial charge in [-0.3, -0.25) is 9.59 Å². The number of Topliss-reactive ketones (excluding diaryl/α,β-unsaturated/α-hetero) is 1. The highest BCUT2D eigenvalue weighted by atomic mass is 16.6. The first-order valence-corrected chi connectivity index (χ1v) is 16.6. The second-order valence-corrected chi connectivity index (χ2v) is 14.1. The summed E-state index contributed by atoms with van der Waals surface area (Å²) in [5, 5.41) is 44.8. The van der Waals surface area contributed by atoms with Gasteiger partial charge < -0.3 is 29.9 Å². The Hall–Kier alpha value is -2.59. The Morgan fingerprint density at radius 3 is 2.47 bits per heavy atom. The van der Waals surface area contributed by atoms with E-state index in [1.54, 1.807) is 31.2 Å². The molecule has 0 aliphatic heterocycles. The third-order valence-corrected chi connectivity index (χ3v) is 11.0. The summed E-state index contributed by atoms with van der Waals surface area (Å²) in [6.07, 6.45) is 16.4. The molecule has 0 unspecified atom stereocenters. The van der Waals surface area contributed by atoms with Gasteiger partial charge in [-0.05, 0) is 36.8 Å². The summed E-state index contributed by atoms with van der Waals surface area (Å²) in [7, 11) is 0. The third kappa shape index (κ3) is 6.38. The van der Waals surface area contributed by atoms with Gasteiger partial charge in [0.05, 0.1) is 18.3 Å². The molecule has 0 bridgehead atoms. The van der Waals surface area contributed by atoms with Crippen molar-refractivity contribution in [3.63, 3.8) is 0 Å². The van der Waals surface area contributed by atoms with Crippen molar-refractivity contribution >= 4 is 17.7 Å². The van der Waals surface area contributed by atoms with Gasteiger partial charge in [-0.1, -0.05) is 89.7 Å². The molecule has 250 valence electrons. The van der Waals surface area contributed by atoms with Crippen LogP contribution in [0.3, 0.4) is 0 Å². The maximum atomic E-state index is 13.2. The Morgan fingerprint density at radius 1 is 1.11 bits per heavy atom. The van der Waals surface area contributed by atoms with Crippen molar-refractivity contribution in [2.24, 2.45) is 29.1 Å². The van der Waals surface area contributed by atoms with E-state index in [-0.39, 0.29) is 19.4 Å². The summed E-state index contributed by atoms with van der Waals surface area (Å²) in [5.41, 5.74) is -4.71. The number of ketones is 1. The average Bonchev–Trinajstić information content (AvgIpc) is 3.43. The number of carbonyl (C=O) groups excluding carboxylic acids is 3. The predicted octanol–water partition coefficient (Wildman–Crippen LogP) is 4.28. The number of allylic oxidation sites excluding steroid dienone is 2. The molecule has 4 aliphatic carbocycles. The zero-order chi connectivity index (χ0) is 33.2. The van der Waals surface area contributed by atoms with Crippen LogP contribution < -0.4 is 0 Å². The fraction of sp³-hybridized carbons (Fsp3) is 0.694. The second-order valence-electron chi connectivity index (χ2n) is 14.1. The lowest BCUT2D eigenvalue weighted by molar-refractivity contribution is -0.185. The molecule has 0 aromatic rings. The summed E-state index contributed by atoms with van der Waals surface area (Å²) < 4.78 is 11.7. The maximum absolute atomic E-state index is 13.2. The number of hydrogen-bond acceptors (Lipinski definition) is 9. The minimum absolute atomic E-state index is 0.0567. The van der Waals surface area contributed by atoms with Gasteiger partial charge in [0, 0.05) is 42.6 Å². The standard InChI is InChI=1S/C36H52O9/c1-6-7-8-9-10-11-14-27(39)15-12-13-16-30(40)45-35-19-24(3)36(43)28(31(35)33(35,5)22-44-25(4)38)18-26(21-37)20-34(42)29(36)17-23(2)32(34)41/h12-13,15-18,24,27-29,31,37,39,42-43H,6-11,14,19-22H2,1-5H3/t24-,27-,28+,29-,31-,33-,34-,35+,36-/m1/s1. The van der Waals surface area contributed by atoms with Crippen LogP contribution in [0.15, 0.2) is 47.6 Å². The topological polar surface area (TPSA) is 151 Å². The number of carbonyl (C=O) groups is 3. The summed E-state index contributed by atoms with van der Waals surface area (Å²) >= 11 is 0. The molecule has 9 heteroatoms. The Balaban J connectivity index is 1.55. The first-order valence-electron chi connectivity index (χ1n) is 16.6. The smallest absolute Gasteiger partial charge is 0.331 e. The van der Waals surface area contributed by atoms with Gasteiger partial charge in [0.15, 0.2) is 5.78 Å². The van der Waals surface area contributed by atoms with E-state index in [9.17, 15) is 34.8 Å². The summed E-state index contributed by atoms with van der Waals surface area (Å²) in [6.45, 7) is 8.30. The minimum Gasteiger partial charge on any atom is -0.465 e. The minimum atomic E-state index is -1.90. The highest BCUT2D eigenvalue weighted by Gasteiger charge is 2.85. The summed E-state index contributed by atoms with van der Waals surface area (Å²) in [6, 6.07) is 0. The number of hydrogen-bond donors (Lipinski definition) is 4. The number of fused-ring (bicyclic) bond motifs is 5. The van der Waals surface area contributed by atoms with E-state index in [2.05, 4.69) is 6.92 Å². The monoisotopic (exact) mass is 628 g/mol. The normalized spacial score (nSPS) is 37.8. The molecule has 0 saturated heterocycles. The van der Waals surface area contributed by atoms with Crippen molar-refractivity contribution in [1.29, 1.82) is 0 Å². The molecule has 4 rings (SSSR count). The molecule has 2 saturated carbocycles. The van der Waals surface area contributed by atoms with Crippen LogP contribution in [0.5, 0.6) is 0 Å². The molecule has 45 heavy (non-hydrogen) atoms. The van der Waals surface area contributed by atoms with Gasteiger partial charge >= 0.3 is 11.9 Å². The van der Waals surface area contributed by atoms with Crippen LogP contribution in [0.2, 0.25) is 0 Å². The highest BCUT2D eigenvalue weighted by molar-refractivity contribution is 6.04. The summed E-state index contributed by atoms with van der Waals surface area (Å²) in [4.78, 5) is 38.3. The molecule has 0 radical (unpaired) electrons. The first-order chi connectivity index (χ1) is 21.2. The molecular weight excluding hydrogens is 576 g/mol. The number of aliphatic hydroxyl groups is 4. The third-order valence-electron chi connectivity index (χ3n) is 11.0. The van der Waals surface area contributed by atoms with Crippen LogP contribution in [0.25, 0.3) is 0 Å². The van der Waals surface area contributed by atoms with Crippen LogP contribution in [0.1, 0.15) is 92.4 Å². The second kappa shape index (κ2) is 13.6. The van der Waals surface area contributed by atoms with Gasteiger partial charge in [-0.25, -0.2) is 4.79 Å². The Bertz CT molecular complexity index is 1260. The molecular formula is C36H52O9. The maximum Gasteiger partial charge on any atom is 0.331 e. The van der Waals surface area contributed by atoms with Crippen LogP contribution in [-0.4, -0.2) is 74.3 Å². The first kappa shape index (κ1) is 35.3. The van der Waals surface area contributed by atoms with Gasteiger partial charge in [0.1, 0.15) is 17.8 Å². The SMILES string of the molecule is CCCCCCCC[C@@H](O)C=CC=CC(=O)O[C@@]12C[C@@H](C)[C@@]3(O)[C@@H](C=C(CO)C[C@]4(O)C(=O)C(C)=C[C@@H]34)[C@@H]1[C@@]2(C)COC(C)=O. The van der Waals surface area contributed by atoms with Crippen LogP contribution in [0, 0.1) is 29.1 Å². The fourth-order valence-corrected chi connectivity index (χ4v) is 8.64. The molecule has 0 spiro atoms. The van der Waals surface area contributed by atoms with Gasteiger partial charge in [0.25, 0.3) is 0 Å². The van der Waals surface area contributed by atoms with E-state index in [1.807, 2.05) is 13.8 Å². The van der Waals surface area contributed by atoms with Crippen molar-refractivity contribution in [2.45, 2.75) is 115 Å². The largest absolute Gasteiger partial charge is 0.465 e. The Morgan fingerprint density at radius 2 is 1.80 bits per heavy atom. The number of ether oxygens (including phenoxy) is 2. The molecule has 0 aromatic heterocycles. The summed E-state index contributed by atoms with van der Waals surface area (Å²) in [5.74, 6) is -4.29. The molecule has 4 aliphatic rings. The van der Waals surface area contributed by atoms with E-state index in [0.717, 1.165) is 12.8 Å². The van der Waals surface area contributed by atoms with E-state index in [1.165, 1.54) is 44.8 Å². The lowest BCUT2D eigenvalue weighted by Crippen LogP contribution is -2.61. The fourth-order valence-electron chi connectivity index (χ4n) is 8.64.